The van der Waals surface area contributed by atoms with Crippen molar-refractivity contribution in [3.05, 3.63) is 83.4 Å². The Hall–Kier alpha value is -3.52. The van der Waals surface area contributed by atoms with E-state index >= 15 is 0 Å². The van der Waals surface area contributed by atoms with Crippen molar-refractivity contribution in [3.8, 4) is 11.5 Å². The second kappa shape index (κ2) is 9.74. The number of methoxy groups -OCH3 is 2. The number of ether oxygens (including phenoxy) is 2. The summed E-state index contributed by atoms with van der Waals surface area (Å²) in [6.07, 6.45) is 1.18. The van der Waals surface area contributed by atoms with Crippen molar-refractivity contribution in [2.24, 2.45) is 0 Å². The quantitative estimate of drug-likeness (QED) is 0.551. The average molecular weight is 455 g/mol. The Labute approximate surface area is 188 Å². The third kappa shape index (κ3) is 5.59. The van der Waals surface area contributed by atoms with E-state index in [0.29, 0.717) is 28.4 Å². The summed E-state index contributed by atoms with van der Waals surface area (Å²) in [6.45, 7) is 2.07. The number of nitrogens with zero attached hydrogens (tertiary/aromatic N) is 1. The number of sulfonamides is 1. The summed E-state index contributed by atoms with van der Waals surface area (Å²) in [7, 11) is -0.420. The molecule has 0 aromatic heterocycles. The molecule has 0 bridgehead atoms. The zero-order valence-electron chi connectivity index (χ0n) is 18.5. The second-order valence-electron chi connectivity index (χ2n) is 7.33. The van der Waals surface area contributed by atoms with E-state index in [2.05, 4.69) is 5.32 Å². The van der Waals surface area contributed by atoms with Crippen LogP contribution in [-0.2, 0) is 16.6 Å². The molecule has 3 rings (SSSR count). The van der Waals surface area contributed by atoms with Crippen LogP contribution in [0.15, 0.2) is 66.7 Å². The SMILES string of the molecule is COc1ccc(OC)c(NC(=O)c2ccc(CN(c3cccc(C)c3)S(C)(=O)=O)cc2)c1. The van der Waals surface area contributed by atoms with Gasteiger partial charge in [0.05, 0.1) is 38.4 Å². The van der Waals surface area contributed by atoms with Crippen LogP contribution in [0, 0.1) is 6.92 Å². The van der Waals surface area contributed by atoms with Crippen molar-refractivity contribution in [2.45, 2.75) is 13.5 Å². The van der Waals surface area contributed by atoms with E-state index in [1.54, 1.807) is 55.6 Å². The Morgan fingerprint density at radius 3 is 2.28 bits per heavy atom. The van der Waals surface area contributed by atoms with E-state index in [0.717, 1.165) is 11.1 Å². The molecule has 3 aromatic carbocycles. The lowest BCUT2D eigenvalue weighted by Gasteiger charge is -2.23. The van der Waals surface area contributed by atoms with Crippen LogP contribution in [0.2, 0.25) is 0 Å². The molecule has 3 aromatic rings. The van der Waals surface area contributed by atoms with Gasteiger partial charge in [-0.1, -0.05) is 24.3 Å². The van der Waals surface area contributed by atoms with Crippen molar-refractivity contribution in [3.63, 3.8) is 0 Å². The Balaban J connectivity index is 1.79. The van der Waals surface area contributed by atoms with Gasteiger partial charge < -0.3 is 14.8 Å². The van der Waals surface area contributed by atoms with E-state index in [1.807, 2.05) is 25.1 Å². The van der Waals surface area contributed by atoms with Crippen molar-refractivity contribution in [1.29, 1.82) is 0 Å². The molecule has 0 saturated heterocycles. The molecule has 0 unspecified atom stereocenters. The number of hydrogen-bond acceptors (Lipinski definition) is 5. The first-order valence-electron chi connectivity index (χ1n) is 9.88. The molecule has 1 amide bonds. The predicted octanol–water partition coefficient (Wildman–Crippen LogP) is 4.23. The number of nitrogens with one attached hydrogen (secondary N) is 1. The van der Waals surface area contributed by atoms with E-state index < -0.39 is 10.0 Å². The van der Waals surface area contributed by atoms with Gasteiger partial charge in [-0.15, -0.1) is 0 Å². The highest BCUT2D eigenvalue weighted by Gasteiger charge is 2.18. The summed E-state index contributed by atoms with van der Waals surface area (Å²) in [5, 5.41) is 2.82. The number of rotatable bonds is 8. The highest BCUT2D eigenvalue weighted by molar-refractivity contribution is 7.92. The molecule has 0 fully saturated rings. The van der Waals surface area contributed by atoms with Crippen LogP contribution in [0.1, 0.15) is 21.5 Å². The third-order valence-corrected chi connectivity index (χ3v) is 6.03. The van der Waals surface area contributed by atoms with Gasteiger partial charge in [0.15, 0.2) is 0 Å². The van der Waals surface area contributed by atoms with Crippen LogP contribution in [0.4, 0.5) is 11.4 Å². The lowest BCUT2D eigenvalue weighted by molar-refractivity contribution is 0.102. The molecule has 0 aliphatic rings. The first-order chi connectivity index (χ1) is 15.2. The van der Waals surface area contributed by atoms with Crippen LogP contribution in [0.25, 0.3) is 0 Å². The molecule has 32 heavy (non-hydrogen) atoms. The minimum Gasteiger partial charge on any atom is -0.497 e. The van der Waals surface area contributed by atoms with E-state index in [-0.39, 0.29) is 12.5 Å². The summed E-state index contributed by atoms with van der Waals surface area (Å²) in [5.74, 6) is 0.785. The Morgan fingerprint density at radius 2 is 1.69 bits per heavy atom. The standard InChI is InChI=1S/C24H26N2O5S/c1-17-6-5-7-20(14-17)26(32(4,28)29)16-18-8-10-19(11-9-18)24(27)25-22-15-21(30-2)12-13-23(22)31-3/h5-15H,16H2,1-4H3,(H,25,27). The van der Waals surface area contributed by atoms with Gasteiger partial charge in [-0.3, -0.25) is 9.10 Å². The topological polar surface area (TPSA) is 84.9 Å². The molecule has 0 aliphatic heterocycles. The van der Waals surface area contributed by atoms with Gasteiger partial charge in [-0.05, 0) is 54.4 Å². The van der Waals surface area contributed by atoms with Crippen molar-refractivity contribution in [2.75, 3.05) is 30.1 Å². The molecule has 1 N–H and O–H groups in total. The van der Waals surface area contributed by atoms with E-state index in [4.69, 9.17) is 9.47 Å². The summed E-state index contributed by atoms with van der Waals surface area (Å²) in [4.78, 5) is 12.7. The number of carbonyl (C=O) groups is 1. The number of hydrogen-bond donors (Lipinski definition) is 1. The number of aryl methyl sites for hydroxylation is 1. The Morgan fingerprint density at radius 1 is 0.969 bits per heavy atom. The molecular weight excluding hydrogens is 428 g/mol. The minimum atomic E-state index is -3.49. The highest BCUT2D eigenvalue weighted by atomic mass is 32.2. The molecule has 0 aliphatic carbocycles. The maximum atomic E-state index is 12.7. The van der Waals surface area contributed by atoms with Crippen LogP contribution >= 0.6 is 0 Å². The molecule has 7 nitrogen and oxygen atoms in total. The molecule has 0 saturated carbocycles. The molecule has 8 heteroatoms. The van der Waals surface area contributed by atoms with Crippen molar-refractivity contribution < 1.29 is 22.7 Å². The first-order valence-corrected chi connectivity index (χ1v) is 11.7. The number of amides is 1. The minimum absolute atomic E-state index is 0.161. The highest BCUT2D eigenvalue weighted by Crippen LogP contribution is 2.29. The normalized spacial score (nSPS) is 11.0. The molecule has 168 valence electrons. The van der Waals surface area contributed by atoms with Crippen LogP contribution in [-0.4, -0.2) is 34.8 Å². The van der Waals surface area contributed by atoms with Gasteiger partial charge >= 0.3 is 0 Å². The number of carbonyl (C=O) groups excluding carboxylic acids is 1. The molecule has 0 atom stereocenters. The lowest BCUT2D eigenvalue weighted by Crippen LogP contribution is -2.29. The number of anilines is 2. The largest absolute Gasteiger partial charge is 0.497 e. The summed E-state index contributed by atoms with van der Waals surface area (Å²) in [5.41, 5.74) is 3.24. The van der Waals surface area contributed by atoms with Crippen LogP contribution in [0.3, 0.4) is 0 Å². The number of benzene rings is 3. The summed E-state index contributed by atoms with van der Waals surface area (Å²) < 4.78 is 36.6. The molecule has 0 spiro atoms. The molecule has 0 radical (unpaired) electrons. The van der Waals surface area contributed by atoms with Crippen LogP contribution < -0.4 is 19.1 Å². The van der Waals surface area contributed by atoms with E-state index in [1.165, 1.54) is 17.7 Å². The van der Waals surface area contributed by atoms with Crippen molar-refractivity contribution >= 4 is 27.3 Å². The zero-order chi connectivity index (χ0) is 23.3. The maximum absolute atomic E-state index is 12.7. The molecule has 0 heterocycles. The fourth-order valence-corrected chi connectivity index (χ4v) is 4.10. The smallest absolute Gasteiger partial charge is 0.255 e. The lowest BCUT2D eigenvalue weighted by atomic mass is 10.1. The van der Waals surface area contributed by atoms with E-state index in [9.17, 15) is 13.2 Å². The van der Waals surface area contributed by atoms with Gasteiger partial charge in [0, 0.05) is 11.6 Å². The first kappa shape index (κ1) is 23.1. The maximum Gasteiger partial charge on any atom is 0.255 e. The Bertz CT molecular complexity index is 1210. The van der Waals surface area contributed by atoms with Gasteiger partial charge in [-0.25, -0.2) is 8.42 Å². The summed E-state index contributed by atoms with van der Waals surface area (Å²) >= 11 is 0. The fourth-order valence-electron chi connectivity index (χ4n) is 3.22. The fraction of sp³-hybridized carbons (Fsp3) is 0.208. The van der Waals surface area contributed by atoms with Gasteiger partial charge in [0.2, 0.25) is 10.0 Å². The molecular formula is C24H26N2O5S. The third-order valence-electron chi connectivity index (χ3n) is 4.89. The average Bonchev–Trinajstić information content (AvgIpc) is 2.77. The zero-order valence-corrected chi connectivity index (χ0v) is 19.3. The summed E-state index contributed by atoms with van der Waals surface area (Å²) in [6, 6.07) is 19.3. The second-order valence-corrected chi connectivity index (χ2v) is 9.23. The predicted molar refractivity (Wildman–Crippen MR) is 126 cm³/mol. The van der Waals surface area contributed by atoms with Gasteiger partial charge in [0.1, 0.15) is 11.5 Å². The van der Waals surface area contributed by atoms with Gasteiger partial charge in [-0.2, -0.15) is 0 Å². The van der Waals surface area contributed by atoms with Crippen molar-refractivity contribution in [1.82, 2.24) is 0 Å². The Kier molecular flexibility index (Phi) is 7.05. The monoisotopic (exact) mass is 454 g/mol. The van der Waals surface area contributed by atoms with Gasteiger partial charge in [0.25, 0.3) is 5.91 Å². The van der Waals surface area contributed by atoms with Crippen LogP contribution in [0.5, 0.6) is 11.5 Å².